The number of hydrogen-bond donors (Lipinski definition) is 1. The number of rotatable bonds is 6. The van der Waals surface area contributed by atoms with Gasteiger partial charge in [0.05, 0.1) is 23.7 Å². The van der Waals surface area contributed by atoms with Crippen molar-refractivity contribution in [3.63, 3.8) is 0 Å². The number of esters is 1. The first-order valence-corrected chi connectivity index (χ1v) is 8.63. The highest BCUT2D eigenvalue weighted by Gasteiger charge is 2.27. The number of primary amides is 1. The van der Waals surface area contributed by atoms with E-state index in [1.807, 2.05) is 4.90 Å². The molecule has 1 heterocycles. The number of carbonyl (C=O) groups is 2. The average molecular weight is 385 g/mol. The number of benzene rings is 2. The predicted octanol–water partition coefficient (Wildman–Crippen LogP) is 1.81. The van der Waals surface area contributed by atoms with Gasteiger partial charge in [-0.1, -0.05) is 30.3 Å². The fourth-order valence-corrected chi connectivity index (χ4v) is 2.96. The summed E-state index contributed by atoms with van der Waals surface area (Å²) in [6.07, 6.45) is -1.29. The molecule has 0 radical (unpaired) electrons. The zero-order valence-electron chi connectivity index (χ0n) is 14.9. The molecule has 146 valence electrons. The van der Waals surface area contributed by atoms with Crippen LogP contribution in [0, 0.1) is 10.1 Å². The van der Waals surface area contributed by atoms with Gasteiger partial charge in [-0.3, -0.25) is 14.9 Å². The molecular formula is C19H19N3O6. The Labute approximate surface area is 160 Å². The van der Waals surface area contributed by atoms with E-state index in [4.69, 9.17) is 15.2 Å². The Balaban J connectivity index is 1.86. The van der Waals surface area contributed by atoms with E-state index in [0.29, 0.717) is 37.6 Å². The second kappa shape index (κ2) is 8.49. The van der Waals surface area contributed by atoms with Crippen molar-refractivity contribution in [1.82, 2.24) is 0 Å². The minimum Gasteiger partial charge on any atom is -0.444 e. The van der Waals surface area contributed by atoms with Gasteiger partial charge in [-0.05, 0) is 12.1 Å². The van der Waals surface area contributed by atoms with Gasteiger partial charge in [-0.15, -0.1) is 0 Å². The number of nitro benzene ring substituents is 1. The molecule has 1 fully saturated rings. The van der Waals surface area contributed by atoms with Crippen LogP contribution >= 0.6 is 0 Å². The van der Waals surface area contributed by atoms with Gasteiger partial charge in [-0.2, -0.15) is 0 Å². The van der Waals surface area contributed by atoms with Gasteiger partial charge in [0.1, 0.15) is 5.69 Å². The first-order chi connectivity index (χ1) is 13.5. The number of ether oxygens (including phenoxy) is 2. The van der Waals surface area contributed by atoms with Crippen LogP contribution in [0.3, 0.4) is 0 Å². The van der Waals surface area contributed by atoms with E-state index in [-0.39, 0.29) is 11.3 Å². The molecule has 9 heteroatoms. The summed E-state index contributed by atoms with van der Waals surface area (Å²) in [6.45, 7) is 1.97. The SMILES string of the molecule is NC(=O)C(OC(=O)c1ccc(N2CCOCC2)c([N+](=O)[O-])c1)c1ccccc1. The molecule has 9 nitrogen and oxygen atoms in total. The van der Waals surface area contributed by atoms with E-state index in [1.54, 1.807) is 30.3 Å². The van der Waals surface area contributed by atoms with Gasteiger partial charge in [0.15, 0.2) is 0 Å². The molecule has 1 saturated heterocycles. The third-order valence-corrected chi connectivity index (χ3v) is 4.35. The molecule has 28 heavy (non-hydrogen) atoms. The van der Waals surface area contributed by atoms with Gasteiger partial charge in [0, 0.05) is 24.7 Å². The Bertz CT molecular complexity index is 880. The Hall–Kier alpha value is -3.46. The molecule has 1 aliphatic heterocycles. The number of carbonyl (C=O) groups excluding carboxylic acids is 2. The van der Waals surface area contributed by atoms with Crippen molar-refractivity contribution in [1.29, 1.82) is 0 Å². The van der Waals surface area contributed by atoms with Crippen LogP contribution in [-0.4, -0.2) is 43.1 Å². The second-order valence-electron chi connectivity index (χ2n) is 6.16. The summed E-state index contributed by atoms with van der Waals surface area (Å²) in [4.78, 5) is 37.0. The number of nitrogens with two attached hydrogens (primary N) is 1. The van der Waals surface area contributed by atoms with Crippen molar-refractivity contribution in [3.05, 3.63) is 69.8 Å². The third kappa shape index (κ3) is 4.26. The molecule has 2 aromatic carbocycles. The van der Waals surface area contributed by atoms with E-state index < -0.39 is 22.9 Å². The van der Waals surface area contributed by atoms with Crippen molar-refractivity contribution in [2.24, 2.45) is 5.73 Å². The van der Waals surface area contributed by atoms with E-state index in [2.05, 4.69) is 0 Å². The number of nitro groups is 1. The molecule has 2 aromatic rings. The number of morpholine rings is 1. The van der Waals surface area contributed by atoms with Crippen LogP contribution in [0.4, 0.5) is 11.4 Å². The lowest BCUT2D eigenvalue weighted by molar-refractivity contribution is -0.384. The molecule has 0 aliphatic carbocycles. The van der Waals surface area contributed by atoms with Crippen LogP contribution in [0.1, 0.15) is 22.0 Å². The number of anilines is 1. The lowest BCUT2D eigenvalue weighted by Gasteiger charge is -2.28. The standard InChI is InChI=1S/C19H19N3O6/c20-18(23)17(13-4-2-1-3-5-13)28-19(24)14-6-7-15(16(12-14)22(25)26)21-8-10-27-11-9-21/h1-7,12,17H,8-11H2,(H2,20,23). The number of hydrogen-bond acceptors (Lipinski definition) is 7. The predicted molar refractivity (Wildman–Crippen MR) is 99.9 cm³/mol. The van der Waals surface area contributed by atoms with Gasteiger partial charge >= 0.3 is 5.97 Å². The molecule has 0 saturated carbocycles. The topological polar surface area (TPSA) is 125 Å². The van der Waals surface area contributed by atoms with Crippen molar-refractivity contribution in [2.75, 3.05) is 31.2 Å². The fraction of sp³-hybridized carbons (Fsp3) is 0.263. The molecule has 3 rings (SSSR count). The van der Waals surface area contributed by atoms with E-state index in [9.17, 15) is 19.7 Å². The largest absolute Gasteiger partial charge is 0.444 e. The second-order valence-corrected chi connectivity index (χ2v) is 6.16. The summed E-state index contributed by atoms with van der Waals surface area (Å²) >= 11 is 0. The maximum atomic E-state index is 12.5. The first kappa shape index (κ1) is 19.3. The van der Waals surface area contributed by atoms with Crippen LogP contribution in [0.25, 0.3) is 0 Å². The molecule has 2 N–H and O–H groups in total. The highest BCUT2D eigenvalue weighted by molar-refractivity contribution is 5.94. The van der Waals surface area contributed by atoms with Gasteiger partial charge in [0.2, 0.25) is 6.10 Å². The summed E-state index contributed by atoms with van der Waals surface area (Å²) in [5.74, 6) is -1.71. The highest BCUT2D eigenvalue weighted by atomic mass is 16.6. The summed E-state index contributed by atoms with van der Waals surface area (Å²) < 4.78 is 10.5. The summed E-state index contributed by atoms with van der Waals surface area (Å²) in [5.41, 5.74) is 5.92. The molecule has 1 atom stereocenters. The van der Waals surface area contributed by atoms with E-state index in [1.165, 1.54) is 12.1 Å². The molecular weight excluding hydrogens is 366 g/mol. The highest BCUT2D eigenvalue weighted by Crippen LogP contribution is 2.30. The minimum absolute atomic E-state index is 0.0362. The summed E-state index contributed by atoms with van der Waals surface area (Å²) in [5, 5.41) is 11.5. The normalized spacial score (nSPS) is 14.9. The van der Waals surface area contributed by atoms with Gasteiger partial charge in [0.25, 0.3) is 11.6 Å². The van der Waals surface area contributed by atoms with Crippen molar-refractivity contribution in [3.8, 4) is 0 Å². The van der Waals surface area contributed by atoms with E-state index in [0.717, 1.165) is 6.07 Å². The zero-order chi connectivity index (χ0) is 20.1. The van der Waals surface area contributed by atoms with Gasteiger partial charge < -0.3 is 20.1 Å². The van der Waals surface area contributed by atoms with Crippen LogP contribution in [0.2, 0.25) is 0 Å². The monoisotopic (exact) mass is 385 g/mol. The lowest BCUT2D eigenvalue weighted by Crippen LogP contribution is -2.36. The van der Waals surface area contributed by atoms with Gasteiger partial charge in [-0.25, -0.2) is 4.79 Å². The smallest absolute Gasteiger partial charge is 0.339 e. The first-order valence-electron chi connectivity index (χ1n) is 8.63. The lowest BCUT2D eigenvalue weighted by atomic mass is 10.1. The Kier molecular flexibility index (Phi) is 5.85. The Morgan fingerprint density at radius 2 is 1.82 bits per heavy atom. The van der Waals surface area contributed by atoms with Crippen LogP contribution in [0.5, 0.6) is 0 Å². The summed E-state index contributed by atoms with van der Waals surface area (Å²) in [6, 6.07) is 12.4. The van der Waals surface area contributed by atoms with Crippen LogP contribution < -0.4 is 10.6 Å². The quantitative estimate of drug-likeness (QED) is 0.457. The van der Waals surface area contributed by atoms with Crippen molar-refractivity contribution in [2.45, 2.75) is 6.10 Å². The molecule has 0 aromatic heterocycles. The third-order valence-electron chi connectivity index (χ3n) is 4.35. The molecule has 1 unspecified atom stereocenters. The summed E-state index contributed by atoms with van der Waals surface area (Å²) in [7, 11) is 0. The van der Waals surface area contributed by atoms with Crippen LogP contribution in [0.15, 0.2) is 48.5 Å². The maximum absolute atomic E-state index is 12.5. The molecule has 1 aliphatic rings. The number of nitrogens with zero attached hydrogens (tertiary/aromatic N) is 2. The Morgan fingerprint density at radius 1 is 1.14 bits per heavy atom. The molecule has 0 spiro atoms. The average Bonchev–Trinajstić information content (AvgIpc) is 2.72. The zero-order valence-corrected chi connectivity index (χ0v) is 14.9. The maximum Gasteiger partial charge on any atom is 0.339 e. The Morgan fingerprint density at radius 3 is 2.43 bits per heavy atom. The van der Waals surface area contributed by atoms with E-state index >= 15 is 0 Å². The molecule has 0 bridgehead atoms. The van der Waals surface area contributed by atoms with Crippen molar-refractivity contribution >= 4 is 23.3 Å². The van der Waals surface area contributed by atoms with Crippen molar-refractivity contribution < 1.29 is 24.0 Å². The number of amides is 1. The fourth-order valence-electron chi connectivity index (χ4n) is 2.96. The van der Waals surface area contributed by atoms with Crippen LogP contribution in [-0.2, 0) is 14.3 Å². The minimum atomic E-state index is -1.29. The molecule has 1 amide bonds.